The molecule has 0 atom stereocenters. The number of benzene rings is 1. The van der Waals surface area contributed by atoms with Crippen LogP contribution in [0.5, 0.6) is 0 Å². The summed E-state index contributed by atoms with van der Waals surface area (Å²) in [7, 11) is 1.31. The van der Waals surface area contributed by atoms with Gasteiger partial charge in [0.2, 0.25) is 0 Å². The Morgan fingerprint density at radius 3 is 2.52 bits per heavy atom. The van der Waals surface area contributed by atoms with E-state index in [0.29, 0.717) is 20.5 Å². The minimum atomic E-state index is -0.446. The highest BCUT2D eigenvalue weighted by molar-refractivity contribution is 7.16. The number of carbonyl (C=O) groups is 2. The van der Waals surface area contributed by atoms with Crippen LogP contribution in [0.3, 0.4) is 0 Å². The molecule has 0 unspecified atom stereocenters. The lowest BCUT2D eigenvalue weighted by Gasteiger charge is -2.29. The zero-order valence-electron chi connectivity index (χ0n) is 13.9. The summed E-state index contributed by atoms with van der Waals surface area (Å²) in [6, 6.07) is 8.74. The third-order valence-electron chi connectivity index (χ3n) is 4.12. The van der Waals surface area contributed by atoms with Crippen molar-refractivity contribution in [1.82, 2.24) is 0 Å². The predicted octanol–water partition coefficient (Wildman–Crippen LogP) is 4.43. The number of halogens is 1. The summed E-state index contributed by atoms with van der Waals surface area (Å²) >= 11 is 7.50. The van der Waals surface area contributed by atoms with Crippen molar-refractivity contribution in [3.8, 4) is 0 Å². The van der Waals surface area contributed by atoms with E-state index in [0.717, 1.165) is 30.1 Å². The minimum absolute atomic E-state index is 0.276. The van der Waals surface area contributed by atoms with Gasteiger partial charge in [-0.25, -0.2) is 4.79 Å². The van der Waals surface area contributed by atoms with E-state index in [4.69, 9.17) is 11.6 Å². The molecule has 3 rings (SSSR count). The maximum atomic E-state index is 12.3. The van der Waals surface area contributed by atoms with Crippen molar-refractivity contribution in [2.75, 3.05) is 30.4 Å². The van der Waals surface area contributed by atoms with E-state index in [1.807, 2.05) is 12.1 Å². The van der Waals surface area contributed by atoms with Crippen LogP contribution < -0.4 is 10.2 Å². The summed E-state index contributed by atoms with van der Waals surface area (Å²) in [6.07, 6.45) is 3.61. The van der Waals surface area contributed by atoms with Gasteiger partial charge in [-0.2, -0.15) is 0 Å². The van der Waals surface area contributed by atoms with Gasteiger partial charge in [-0.3, -0.25) is 4.79 Å². The molecule has 0 spiro atoms. The number of amides is 1. The highest BCUT2D eigenvalue weighted by atomic mass is 35.5. The Labute approximate surface area is 155 Å². The van der Waals surface area contributed by atoms with Gasteiger partial charge in [-0.05, 0) is 49.6 Å². The molecule has 1 amide bonds. The van der Waals surface area contributed by atoms with Gasteiger partial charge in [-0.15, -0.1) is 11.3 Å². The number of nitrogens with one attached hydrogen (secondary N) is 1. The van der Waals surface area contributed by atoms with Crippen LogP contribution in [0.15, 0.2) is 30.3 Å². The van der Waals surface area contributed by atoms with Crippen LogP contribution in [-0.2, 0) is 4.74 Å². The monoisotopic (exact) mass is 378 g/mol. The first-order chi connectivity index (χ1) is 12.1. The van der Waals surface area contributed by atoms with Gasteiger partial charge in [0.1, 0.15) is 4.88 Å². The molecule has 0 aliphatic carbocycles. The summed E-state index contributed by atoms with van der Waals surface area (Å²) in [5.41, 5.74) is 1.63. The van der Waals surface area contributed by atoms with Crippen LogP contribution in [0.2, 0.25) is 5.02 Å². The Morgan fingerprint density at radius 1 is 1.12 bits per heavy atom. The molecule has 5 nitrogen and oxygen atoms in total. The first-order valence-corrected chi connectivity index (χ1v) is 9.32. The second-order valence-corrected chi connectivity index (χ2v) is 7.31. The lowest BCUT2D eigenvalue weighted by molar-refractivity contribution is 0.0606. The Kier molecular flexibility index (Phi) is 5.60. The van der Waals surface area contributed by atoms with Crippen molar-refractivity contribution in [3.63, 3.8) is 0 Å². The molecular weight excluding hydrogens is 360 g/mol. The molecule has 25 heavy (non-hydrogen) atoms. The third kappa shape index (κ3) is 4.14. The van der Waals surface area contributed by atoms with E-state index in [2.05, 4.69) is 15.0 Å². The van der Waals surface area contributed by atoms with Gasteiger partial charge in [0.25, 0.3) is 5.91 Å². The summed E-state index contributed by atoms with van der Waals surface area (Å²) in [5.74, 6) is -0.722. The van der Waals surface area contributed by atoms with Crippen LogP contribution in [0.4, 0.5) is 11.4 Å². The fourth-order valence-electron chi connectivity index (χ4n) is 2.84. The molecule has 1 saturated heterocycles. The predicted molar refractivity (Wildman–Crippen MR) is 101 cm³/mol. The SMILES string of the molecule is COC(=O)c1ccc(C(=O)Nc2ccc(N3CCCCC3)c(Cl)c2)s1. The molecule has 0 bridgehead atoms. The number of thiophene rings is 1. The highest BCUT2D eigenvalue weighted by Crippen LogP contribution is 2.31. The topological polar surface area (TPSA) is 58.6 Å². The Bertz CT molecular complexity index is 784. The molecule has 2 aromatic rings. The fraction of sp³-hybridized carbons (Fsp3) is 0.333. The number of hydrogen-bond donors (Lipinski definition) is 1. The van der Waals surface area contributed by atoms with Crippen molar-refractivity contribution < 1.29 is 14.3 Å². The molecule has 0 saturated carbocycles. The van der Waals surface area contributed by atoms with Crippen LogP contribution in [0.1, 0.15) is 38.6 Å². The smallest absolute Gasteiger partial charge is 0.348 e. The highest BCUT2D eigenvalue weighted by Gasteiger charge is 2.16. The normalized spacial score (nSPS) is 14.2. The van der Waals surface area contributed by atoms with Gasteiger partial charge in [-0.1, -0.05) is 11.6 Å². The van der Waals surface area contributed by atoms with Crippen molar-refractivity contribution in [2.45, 2.75) is 19.3 Å². The van der Waals surface area contributed by atoms with E-state index in [-0.39, 0.29) is 5.91 Å². The molecule has 2 heterocycles. The number of rotatable bonds is 4. The van der Waals surface area contributed by atoms with Crippen molar-refractivity contribution >= 4 is 46.2 Å². The minimum Gasteiger partial charge on any atom is -0.465 e. The number of ether oxygens (including phenoxy) is 1. The Balaban J connectivity index is 1.70. The second-order valence-electron chi connectivity index (χ2n) is 5.82. The quantitative estimate of drug-likeness (QED) is 0.799. The zero-order valence-corrected chi connectivity index (χ0v) is 15.5. The Hall–Kier alpha value is -2.05. The first kappa shape index (κ1) is 17.8. The molecule has 1 aliphatic rings. The van der Waals surface area contributed by atoms with Crippen LogP contribution in [0.25, 0.3) is 0 Å². The maximum Gasteiger partial charge on any atom is 0.348 e. The third-order valence-corrected chi connectivity index (χ3v) is 5.49. The molecule has 1 aliphatic heterocycles. The first-order valence-electron chi connectivity index (χ1n) is 8.12. The molecule has 1 N–H and O–H groups in total. The van der Waals surface area contributed by atoms with Crippen molar-refractivity contribution in [2.24, 2.45) is 0 Å². The van der Waals surface area contributed by atoms with Crippen LogP contribution >= 0.6 is 22.9 Å². The lowest BCUT2D eigenvalue weighted by Crippen LogP contribution is -2.29. The molecule has 7 heteroatoms. The lowest BCUT2D eigenvalue weighted by atomic mass is 10.1. The van der Waals surface area contributed by atoms with E-state index in [9.17, 15) is 9.59 Å². The van der Waals surface area contributed by atoms with Gasteiger partial charge in [0, 0.05) is 18.8 Å². The molecule has 1 aromatic heterocycles. The average Bonchev–Trinajstić information content (AvgIpc) is 3.12. The number of carbonyl (C=O) groups excluding carboxylic acids is 2. The van der Waals surface area contributed by atoms with Gasteiger partial charge >= 0.3 is 5.97 Å². The number of piperidine rings is 1. The van der Waals surface area contributed by atoms with Gasteiger partial charge in [0.05, 0.1) is 22.7 Å². The zero-order chi connectivity index (χ0) is 17.8. The van der Waals surface area contributed by atoms with Gasteiger partial charge < -0.3 is 15.0 Å². The summed E-state index contributed by atoms with van der Waals surface area (Å²) in [6.45, 7) is 2.02. The number of anilines is 2. The van der Waals surface area contributed by atoms with E-state index >= 15 is 0 Å². The maximum absolute atomic E-state index is 12.3. The molecule has 132 valence electrons. The van der Waals surface area contributed by atoms with Crippen LogP contribution in [-0.4, -0.2) is 32.1 Å². The standard InChI is InChI=1S/C18H19ClN2O3S/c1-24-18(23)16-8-7-15(25-16)17(22)20-12-5-6-14(13(19)11-12)21-9-3-2-4-10-21/h5-8,11H,2-4,9-10H2,1H3,(H,20,22). The van der Waals surface area contributed by atoms with Crippen LogP contribution in [0, 0.1) is 0 Å². The summed E-state index contributed by atoms with van der Waals surface area (Å²) in [5, 5.41) is 3.44. The number of esters is 1. The van der Waals surface area contributed by atoms with E-state index < -0.39 is 5.97 Å². The molecule has 0 radical (unpaired) electrons. The number of nitrogens with zero attached hydrogens (tertiary/aromatic N) is 1. The average molecular weight is 379 g/mol. The Morgan fingerprint density at radius 2 is 1.84 bits per heavy atom. The van der Waals surface area contributed by atoms with E-state index in [1.165, 1.54) is 26.4 Å². The molecular formula is C18H19ClN2O3S. The number of hydrogen-bond acceptors (Lipinski definition) is 5. The summed E-state index contributed by atoms with van der Waals surface area (Å²) in [4.78, 5) is 26.9. The number of methoxy groups -OCH3 is 1. The van der Waals surface area contributed by atoms with Gasteiger partial charge in [0.15, 0.2) is 0 Å². The fourth-order valence-corrected chi connectivity index (χ4v) is 3.96. The largest absolute Gasteiger partial charge is 0.465 e. The van der Waals surface area contributed by atoms with Crippen molar-refractivity contribution in [1.29, 1.82) is 0 Å². The summed E-state index contributed by atoms with van der Waals surface area (Å²) < 4.78 is 4.65. The van der Waals surface area contributed by atoms with E-state index in [1.54, 1.807) is 18.2 Å². The van der Waals surface area contributed by atoms with Crippen molar-refractivity contribution in [3.05, 3.63) is 45.1 Å². The second kappa shape index (κ2) is 7.89. The molecule has 1 fully saturated rings. The molecule has 1 aromatic carbocycles.